The van der Waals surface area contributed by atoms with E-state index in [0.717, 1.165) is 5.69 Å². The van der Waals surface area contributed by atoms with Gasteiger partial charge in [0.1, 0.15) is 0 Å². The van der Waals surface area contributed by atoms with Crippen LogP contribution in [-0.2, 0) is 22.6 Å². The zero-order valence-electron chi connectivity index (χ0n) is 13.6. The van der Waals surface area contributed by atoms with E-state index in [2.05, 4.69) is 23.4 Å². The van der Waals surface area contributed by atoms with Crippen molar-refractivity contribution in [2.24, 2.45) is 0 Å². The molecule has 1 N–H and O–H groups in total. The minimum Gasteiger partial charge on any atom is -0.475 e. The molecule has 2 heterocycles. The van der Waals surface area contributed by atoms with Crippen molar-refractivity contribution in [2.75, 3.05) is 7.05 Å². The van der Waals surface area contributed by atoms with Crippen molar-refractivity contribution in [3.05, 3.63) is 52.0 Å². The quantitative estimate of drug-likeness (QED) is 0.892. The number of rotatable bonds is 4. The van der Waals surface area contributed by atoms with Gasteiger partial charge in [0.15, 0.2) is 0 Å². The van der Waals surface area contributed by atoms with Crippen LogP contribution in [0.1, 0.15) is 16.1 Å². The van der Waals surface area contributed by atoms with Crippen LogP contribution in [0, 0.1) is 6.92 Å². The van der Waals surface area contributed by atoms with Crippen molar-refractivity contribution in [2.45, 2.75) is 26.1 Å². The number of hydrogen-bond acceptors (Lipinski definition) is 4. The number of aliphatic carboxylic acids is 1. The number of carbonyl (C=O) groups is 2. The van der Waals surface area contributed by atoms with Gasteiger partial charge in [0.2, 0.25) is 5.91 Å². The highest BCUT2D eigenvalue weighted by atomic mass is 32.1. The van der Waals surface area contributed by atoms with Gasteiger partial charge in [-0.05, 0) is 36.1 Å². The molecular formula is C16H17F3N2O3S. The highest BCUT2D eigenvalue weighted by molar-refractivity contribution is 7.10. The van der Waals surface area contributed by atoms with Gasteiger partial charge in [0, 0.05) is 23.8 Å². The van der Waals surface area contributed by atoms with E-state index in [-0.39, 0.29) is 5.91 Å². The molecule has 0 atom stereocenters. The third-order valence-electron chi connectivity index (χ3n) is 3.08. The summed E-state index contributed by atoms with van der Waals surface area (Å²) in [5, 5.41) is 9.18. The zero-order valence-corrected chi connectivity index (χ0v) is 14.4. The van der Waals surface area contributed by atoms with Gasteiger partial charge >= 0.3 is 12.1 Å². The van der Waals surface area contributed by atoms with E-state index < -0.39 is 12.1 Å². The lowest BCUT2D eigenvalue weighted by Crippen LogP contribution is -2.27. The first kappa shape index (κ1) is 20.6. The number of thiophene rings is 1. The molecular weight excluding hydrogens is 357 g/mol. The molecule has 0 aliphatic rings. The minimum absolute atomic E-state index is 0.0986. The summed E-state index contributed by atoms with van der Waals surface area (Å²) in [6.07, 6.45) is -3.01. The Kier molecular flexibility index (Phi) is 7.56. The number of carbonyl (C=O) groups excluding carboxylic acids is 1. The first-order valence-corrected chi connectivity index (χ1v) is 7.96. The predicted octanol–water partition coefficient (Wildman–Crippen LogP) is 3.29. The fourth-order valence-corrected chi connectivity index (χ4v) is 2.62. The first-order chi connectivity index (χ1) is 11.6. The van der Waals surface area contributed by atoms with E-state index in [1.165, 1.54) is 10.4 Å². The largest absolute Gasteiger partial charge is 0.490 e. The average Bonchev–Trinajstić information content (AvgIpc) is 2.93. The van der Waals surface area contributed by atoms with Crippen LogP contribution in [0.5, 0.6) is 0 Å². The second-order valence-electron chi connectivity index (χ2n) is 5.08. The molecule has 25 heavy (non-hydrogen) atoms. The molecule has 0 fully saturated rings. The normalized spacial score (nSPS) is 10.6. The van der Waals surface area contributed by atoms with Crippen LogP contribution in [0.15, 0.2) is 35.8 Å². The molecule has 0 saturated carbocycles. The number of halogens is 3. The molecule has 0 aliphatic heterocycles. The molecule has 0 unspecified atom stereocenters. The first-order valence-electron chi connectivity index (χ1n) is 7.08. The zero-order chi connectivity index (χ0) is 19.0. The summed E-state index contributed by atoms with van der Waals surface area (Å²) in [7, 11) is 1.84. The smallest absolute Gasteiger partial charge is 0.475 e. The number of alkyl halides is 3. The Balaban J connectivity index is 0.000000381. The summed E-state index contributed by atoms with van der Waals surface area (Å²) in [5.41, 5.74) is 2.06. The molecule has 0 saturated heterocycles. The maximum atomic E-state index is 12.0. The summed E-state index contributed by atoms with van der Waals surface area (Å²) >= 11 is 1.69. The summed E-state index contributed by atoms with van der Waals surface area (Å²) < 4.78 is 31.7. The number of likely N-dealkylation sites (N-methyl/N-ethyl adjacent to an activating group) is 1. The number of hydrogen-bond donors (Lipinski definition) is 1. The monoisotopic (exact) mass is 374 g/mol. The van der Waals surface area contributed by atoms with Gasteiger partial charge in [0.25, 0.3) is 0 Å². The van der Waals surface area contributed by atoms with E-state index in [1.807, 2.05) is 25.2 Å². The van der Waals surface area contributed by atoms with E-state index in [9.17, 15) is 18.0 Å². The van der Waals surface area contributed by atoms with Crippen LogP contribution in [0.3, 0.4) is 0 Å². The SMILES string of the molecule is Cc1ccsc1CN(C)C(=O)Cc1ccccn1.O=C(O)C(F)(F)F. The predicted molar refractivity (Wildman–Crippen MR) is 87.2 cm³/mol. The van der Waals surface area contributed by atoms with Gasteiger partial charge in [-0.2, -0.15) is 13.2 Å². The Morgan fingerprint density at radius 1 is 1.28 bits per heavy atom. The number of carboxylic acid groups (broad SMARTS) is 1. The summed E-state index contributed by atoms with van der Waals surface area (Å²) in [4.78, 5) is 28.1. The van der Waals surface area contributed by atoms with Gasteiger partial charge in [-0.15, -0.1) is 11.3 Å². The molecule has 0 radical (unpaired) electrons. The number of aromatic nitrogens is 1. The maximum Gasteiger partial charge on any atom is 0.490 e. The van der Waals surface area contributed by atoms with Gasteiger partial charge in [-0.25, -0.2) is 4.79 Å². The van der Waals surface area contributed by atoms with E-state index in [4.69, 9.17) is 9.90 Å². The Labute approximate surface area is 146 Å². The maximum absolute atomic E-state index is 12.0. The second-order valence-corrected chi connectivity index (χ2v) is 6.08. The molecule has 0 aliphatic carbocycles. The lowest BCUT2D eigenvalue weighted by molar-refractivity contribution is -0.192. The van der Waals surface area contributed by atoms with Crippen molar-refractivity contribution >= 4 is 23.2 Å². The fraction of sp³-hybridized carbons (Fsp3) is 0.312. The third kappa shape index (κ3) is 7.34. The van der Waals surface area contributed by atoms with Crippen LogP contribution in [-0.4, -0.2) is 40.1 Å². The summed E-state index contributed by atoms with van der Waals surface area (Å²) in [6.45, 7) is 2.75. The summed E-state index contributed by atoms with van der Waals surface area (Å²) in [6, 6.07) is 7.71. The molecule has 1 amide bonds. The average molecular weight is 374 g/mol. The fourth-order valence-electron chi connectivity index (χ4n) is 1.66. The van der Waals surface area contributed by atoms with Crippen molar-refractivity contribution in [1.29, 1.82) is 0 Å². The van der Waals surface area contributed by atoms with Gasteiger partial charge in [-0.1, -0.05) is 6.07 Å². The van der Waals surface area contributed by atoms with Crippen molar-refractivity contribution in [3.8, 4) is 0 Å². The van der Waals surface area contributed by atoms with Crippen LogP contribution >= 0.6 is 11.3 Å². The Morgan fingerprint density at radius 3 is 2.36 bits per heavy atom. The standard InChI is InChI=1S/C14H16N2OS.C2HF3O2/c1-11-6-8-18-13(11)10-16(2)14(17)9-12-5-3-4-7-15-12;3-2(4,5)1(6)7/h3-8H,9-10H2,1-2H3;(H,6,7). The van der Waals surface area contributed by atoms with Gasteiger partial charge < -0.3 is 10.0 Å². The number of amides is 1. The van der Waals surface area contributed by atoms with Crippen molar-refractivity contribution in [3.63, 3.8) is 0 Å². The Hall–Kier alpha value is -2.42. The van der Waals surface area contributed by atoms with E-state index in [0.29, 0.717) is 13.0 Å². The molecule has 2 aromatic rings. The molecule has 2 rings (SSSR count). The highest BCUT2D eigenvalue weighted by Gasteiger charge is 2.38. The van der Waals surface area contributed by atoms with Crippen molar-refractivity contribution < 1.29 is 27.9 Å². The number of aryl methyl sites for hydroxylation is 1. The third-order valence-corrected chi connectivity index (χ3v) is 4.08. The molecule has 5 nitrogen and oxygen atoms in total. The van der Waals surface area contributed by atoms with Crippen LogP contribution < -0.4 is 0 Å². The van der Waals surface area contributed by atoms with Crippen LogP contribution in [0.4, 0.5) is 13.2 Å². The molecule has 136 valence electrons. The number of carboxylic acids is 1. The highest BCUT2D eigenvalue weighted by Crippen LogP contribution is 2.17. The minimum atomic E-state index is -5.08. The molecule has 9 heteroatoms. The number of pyridine rings is 1. The van der Waals surface area contributed by atoms with Crippen LogP contribution in [0.25, 0.3) is 0 Å². The topological polar surface area (TPSA) is 70.5 Å². The molecule has 0 aromatic carbocycles. The van der Waals surface area contributed by atoms with E-state index >= 15 is 0 Å². The molecule has 0 spiro atoms. The van der Waals surface area contributed by atoms with Crippen molar-refractivity contribution in [1.82, 2.24) is 9.88 Å². The summed E-state index contributed by atoms with van der Waals surface area (Å²) in [5.74, 6) is -2.66. The molecule has 2 aromatic heterocycles. The van der Waals surface area contributed by atoms with Gasteiger partial charge in [0.05, 0.1) is 13.0 Å². The van der Waals surface area contributed by atoms with Crippen LogP contribution in [0.2, 0.25) is 0 Å². The Bertz CT molecular complexity index is 702. The molecule has 0 bridgehead atoms. The Morgan fingerprint density at radius 2 is 1.92 bits per heavy atom. The lowest BCUT2D eigenvalue weighted by Gasteiger charge is -2.16. The van der Waals surface area contributed by atoms with E-state index in [1.54, 1.807) is 22.4 Å². The second kappa shape index (κ2) is 9.16. The number of nitrogens with zero attached hydrogens (tertiary/aromatic N) is 2. The van der Waals surface area contributed by atoms with Gasteiger partial charge in [-0.3, -0.25) is 9.78 Å². The lowest BCUT2D eigenvalue weighted by atomic mass is 10.2.